The molecular weight excluding hydrogens is 365 g/mol. The number of fused-ring (bicyclic) bond motifs is 1. The van der Waals surface area contributed by atoms with Crippen LogP contribution >= 0.6 is 12.4 Å². The van der Waals surface area contributed by atoms with Crippen molar-refractivity contribution in [3.8, 4) is 11.5 Å². The highest BCUT2D eigenvalue weighted by Crippen LogP contribution is 2.31. The molecule has 0 aliphatic carbocycles. The summed E-state index contributed by atoms with van der Waals surface area (Å²) in [4.78, 5) is 2.32. The van der Waals surface area contributed by atoms with Gasteiger partial charge >= 0.3 is 0 Å². The molecule has 3 rings (SSSR count). The molecule has 1 aliphatic rings. The molecule has 148 valence electrons. The Labute approximate surface area is 167 Å². The molecule has 5 heteroatoms. The van der Waals surface area contributed by atoms with Crippen LogP contribution in [0.4, 0.5) is 4.39 Å². The highest BCUT2D eigenvalue weighted by Gasteiger charge is 2.25. The Bertz CT molecular complexity index is 788. The van der Waals surface area contributed by atoms with Gasteiger partial charge < -0.3 is 9.84 Å². The summed E-state index contributed by atoms with van der Waals surface area (Å²) in [6.07, 6.45) is 1.85. The maximum absolute atomic E-state index is 13.9. The van der Waals surface area contributed by atoms with Gasteiger partial charge in [0.15, 0.2) is 11.5 Å². The highest BCUT2D eigenvalue weighted by atomic mass is 35.5. The van der Waals surface area contributed by atoms with Crippen LogP contribution in [0.5, 0.6) is 11.5 Å². The Morgan fingerprint density at radius 1 is 1.19 bits per heavy atom. The van der Waals surface area contributed by atoms with Crippen molar-refractivity contribution in [1.82, 2.24) is 4.90 Å². The normalized spacial score (nSPS) is 15.1. The number of hydrogen-bond acceptors (Lipinski definition) is 3. The lowest BCUT2D eigenvalue weighted by molar-refractivity contribution is 0.125. The lowest BCUT2D eigenvalue weighted by Gasteiger charge is -2.24. The fourth-order valence-electron chi connectivity index (χ4n) is 3.40. The number of aromatic hydroxyl groups is 1. The summed E-state index contributed by atoms with van der Waals surface area (Å²) >= 11 is 0. The van der Waals surface area contributed by atoms with E-state index in [-0.39, 0.29) is 29.6 Å². The maximum Gasteiger partial charge on any atom is 0.161 e. The lowest BCUT2D eigenvalue weighted by Crippen LogP contribution is -2.28. The molecule has 0 unspecified atom stereocenters. The molecule has 27 heavy (non-hydrogen) atoms. The van der Waals surface area contributed by atoms with Crippen molar-refractivity contribution >= 4 is 12.4 Å². The summed E-state index contributed by atoms with van der Waals surface area (Å²) in [6, 6.07) is 11.3. The Morgan fingerprint density at radius 3 is 2.59 bits per heavy atom. The van der Waals surface area contributed by atoms with Crippen molar-refractivity contribution in [3.05, 3.63) is 58.9 Å². The molecule has 0 aromatic heterocycles. The zero-order valence-electron chi connectivity index (χ0n) is 16.5. The van der Waals surface area contributed by atoms with Gasteiger partial charge in [-0.3, -0.25) is 4.90 Å². The zero-order valence-corrected chi connectivity index (χ0v) is 17.3. The van der Waals surface area contributed by atoms with E-state index in [0.717, 1.165) is 36.1 Å². The average Bonchev–Trinajstić information content (AvgIpc) is 3.00. The van der Waals surface area contributed by atoms with Gasteiger partial charge in [0.1, 0.15) is 11.4 Å². The number of ether oxygens (including phenoxy) is 1. The van der Waals surface area contributed by atoms with Crippen molar-refractivity contribution in [2.24, 2.45) is 0 Å². The van der Waals surface area contributed by atoms with E-state index < -0.39 is 0 Å². The number of aryl methyl sites for hydroxylation is 1. The first-order chi connectivity index (χ1) is 12.2. The van der Waals surface area contributed by atoms with E-state index in [1.165, 1.54) is 0 Å². The van der Waals surface area contributed by atoms with Crippen LogP contribution in [0.3, 0.4) is 0 Å². The first kappa shape index (κ1) is 21.5. The summed E-state index contributed by atoms with van der Waals surface area (Å²) in [5.74, 6) is 0.597. The van der Waals surface area contributed by atoms with Crippen LogP contribution in [-0.2, 0) is 19.5 Å². The molecule has 0 bridgehead atoms. The standard InChI is InChI=1S/C22H28FNO2.ClH/c1-15(24-13-17-6-5-7-19(23)18(17)14-24)8-9-16-10-11-20(25)21(12-16)26-22(2,3)4;/h5-7,10-12,15,25H,8-9,13-14H2,1-4H3;1H/t15-;/m1./s1. The average molecular weight is 394 g/mol. The molecule has 0 saturated carbocycles. The van der Waals surface area contributed by atoms with Gasteiger partial charge in [-0.15, -0.1) is 12.4 Å². The number of rotatable bonds is 5. The molecule has 2 aromatic rings. The van der Waals surface area contributed by atoms with Gasteiger partial charge in [-0.2, -0.15) is 0 Å². The number of nitrogens with zero attached hydrogens (tertiary/aromatic N) is 1. The second kappa shape index (κ2) is 8.49. The maximum atomic E-state index is 13.9. The number of halogens is 2. The van der Waals surface area contributed by atoms with Crippen LogP contribution in [0.2, 0.25) is 0 Å². The van der Waals surface area contributed by atoms with Gasteiger partial charge in [-0.05, 0) is 69.9 Å². The van der Waals surface area contributed by atoms with Crippen molar-refractivity contribution in [1.29, 1.82) is 0 Å². The van der Waals surface area contributed by atoms with Crippen LogP contribution in [0.25, 0.3) is 0 Å². The Balaban J connectivity index is 0.00000261. The molecule has 1 atom stereocenters. The molecule has 0 spiro atoms. The minimum Gasteiger partial charge on any atom is -0.504 e. The molecule has 2 aromatic carbocycles. The molecule has 3 nitrogen and oxygen atoms in total. The third-order valence-electron chi connectivity index (χ3n) is 4.87. The van der Waals surface area contributed by atoms with E-state index in [1.54, 1.807) is 18.2 Å². The number of phenolic OH excluding ortho intramolecular Hbond substituents is 1. The first-order valence-electron chi connectivity index (χ1n) is 9.24. The van der Waals surface area contributed by atoms with Crippen LogP contribution in [0.1, 0.15) is 50.8 Å². The van der Waals surface area contributed by atoms with Crippen LogP contribution in [-0.4, -0.2) is 21.6 Å². The fourth-order valence-corrected chi connectivity index (χ4v) is 3.40. The Morgan fingerprint density at radius 2 is 1.93 bits per heavy atom. The van der Waals surface area contributed by atoms with E-state index in [4.69, 9.17) is 4.74 Å². The van der Waals surface area contributed by atoms with E-state index >= 15 is 0 Å². The number of phenols is 1. The molecule has 0 saturated heterocycles. The quantitative estimate of drug-likeness (QED) is 0.731. The van der Waals surface area contributed by atoms with E-state index in [2.05, 4.69) is 11.8 Å². The summed E-state index contributed by atoms with van der Waals surface area (Å²) in [6.45, 7) is 9.57. The SMILES string of the molecule is C[C@H](CCc1ccc(O)c(OC(C)(C)C)c1)N1Cc2cccc(F)c2C1.Cl. The lowest BCUT2D eigenvalue weighted by atomic mass is 10.0. The number of benzene rings is 2. The van der Waals surface area contributed by atoms with Gasteiger partial charge in [-0.1, -0.05) is 18.2 Å². The van der Waals surface area contributed by atoms with Gasteiger partial charge in [0.05, 0.1) is 0 Å². The second-order valence-electron chi connectivity index (χ2n) is 8.19. The van der Waals surface area contributed by atoms with Gasteiger partial charge in [0.2, 0.25) is 0 Å². The van der Waals surface area contributed by atoms with E-state index in [0.29, 0.717) is 18.3 Å². The van der Waals surface area contributed by atoms with Gasteiger partial charge in [0.25, 0.3) is 0 Å². The largest absolute Gasteiger partial charge is 0.504 e. The predicted molar refractivity (Wildman–Crippen MR) is 109 cm³/mol. The first-order valence-corrected chi connectivity index (χ1v) is 9.24. The summed E-state index contributed by atoms with van der Waals surface area (Å²) in [5, 5.41) is 10.0. The topological polar surface area (TPSA) is 32.7 Å². The summed E-state index contributed by atoms with van der Waals surface area (Å²) in [5.41, 5.74) is 2.72. The molecule has 1 N–H and O–H groups in total. The van der Waals surface area contributed by atoms with E-state index in [1.807, 2.05) is 39.0 Å². The van der Waals surface area contributed by atoms with Crippen LogP contribution in [0.15, 0.2) is 36.4 Å². The summed E-state index contributed by atoms with van der Waals surface area (Å²) < 4.78 is 19.8. The zero-order chi connectivity index (χ0) is 18.9. The van der Waals surface area contributed by atoms with Crippen molar-refractivity contribution in [2.75, 3.05) is 0 Å². The van der Waals surface area contributed by atoms with Gasteiger partial charge in [-0.25, -0.2) is 4.39 Å². The highest BCUT2D eigenvalue weighted by molar-refractivity contribution is 5.85. The minimum absolute atomic E-state index is 0. The van der Waals surface area contributed by atoms with Crippen LogP contribution in [0, 0.1) is 5.82 Å². The van der Waals surface area contributed by atoms with E-state index in [9.17, 15) is 9.50 Å². The second-order valence-corrected chi connectivity index (χ2v) is 8.19. The summed E-state index contributed by atoms with van der Waals surface area (Å²) in [7, 11) is 0. The third kappa shape index (κ3) is 5.36. The van der Waals surface area contributed by atoms with Gasteiger partial charge in [0, 0.05) is 24.7 Å². The monoisotopic (exact) mass is 393 g/mol. The predicted octanol–water partition coefficient (Wildman–Crippen LogP) is 5.47. The smallest absolute Gasteiger partial charge is 0.161 e. The van der Waals surface area contributed by atoms with Crippen molar-refractivity contribution in [3.63, 3.8) is 0 Å². The third-order valence-corrected chi connectivity index (χ3v) is 4.87. The molecular formula is C22H29ClFNO2. The minimum atomic E-state index is -0.352. The molecule has 0 amide bonds. The number of hydrogen-bond donors (Lipinski definition) is 1. The van der Waals surface area contributed by atoms with Crippen molar-refractivity contribution < 1.29 is 14.2 Å². The Hall–Kier alpha value is -1.78. The van der Waals surface area contributed by atoms with Crippen molar-refractivity contribution in [2.45, 2.75) is 65.3 Å². The molecule has 1 aliphatic heterocycles. The molecule has 0 radical (unpaired) electrons. The fraction of sp³-hybridized carbons (Fsp3) is 0.455. The Kier molecular flexibility index (Phi) is 6.77. The van der Waals surface area contributed by atoms with Crippen LogP contribution < -0.4 is 4.74 Å². The molecule has 0 fully saturated rings. The molecule has 1 heterocycles.